The number of hydrogen-bond acceptors (Lipinski definition) is 1. The van der Waals surface area contributed by atoms with Crippen molar-refractivity contribution in [2.75, 3.05) is 6.61 Å². The molecule has 0 bridgehead atoms. The van der Waals surface area contributed by atoms with Crippen LogP contribution in [0.15, 0.2) is 12.1 Å². The Morgan fingerprint density at radius 2 is 1.08 bits per heavy atom. The highest BCUT2D eigenvalue weighted by molar-refractivity contribution is 6.40. The molecule has 0 heterocycles. The first-order valence-corrected chi connectivity index (χ1v) is 10.6. The van der Waals surface area contributed by atoms with E-state index in [0.29, 0.717) is 27.4 Å². The predicted molar refractivity (Wildman–Crippen MR) is 108 cm³/mol. The predicted octanol–water partition coefficient (Wildman–Crippen LogP) is 8.73. The SMILES string of the molecule is CCCCCCCCCCCCCCOc1c(Cl)cc(Cl)cc1Cl. The quantitative estimate of drug-likeness (QED) is 0.287. The summed E-state index contributed by atoms with van der Waals surface area (Å²) in [5.74, 6) is 0.547. The van der Waals surface area contributed by atoms with Crippen molar-refractivity contribution in [3.05, 3.63) is 27.2 Å². The van der Waals surface area contributed by atoms with Crippen molar-refractivity contribution in [2.24, 2.45) is 0 Å². The van der Waals surface area contributed by atoms with Gasteiger partial charge in [-0.25, -0.2) is 0 Å². The number of rotatable bonds is 14. The normalized spacial score (nSPS) is 11.0. The number of hydrogen-bond donors (Lipinski definition) is 0. The molecule has 0 amide bonds. The minimum absolute atomic E-state index is 0.478. The summed E-state index contributed by atoms with van der Waals surface area (Å²) in [6.45, 7) is 2.92. The first-order valence-electron chi connectivity index (χ1n) is 9.42. The third-order valence-corrected chi connectivity index (χ3v) is 4.99. The van der Waals surface area contributed by atoms with E-state index >= 15 is 0 Å². The van der Waals surface area contributed by atoms with Crippen LogP contribution in [-0.2, 0) is 0 Å². The van der Waals surface area contributed by atoms with E-state index in [0.717, 1.165) is 6.42 Å². The van der Waals surface area contributed by atoms with Crippen LogP contribution in [0, 0.1) is 0 Å². The van der Waals surface area contributed by atoms with E-state index < -0.39 is 0 Å². The van der Waals surface area contributed by atoms with Gasteiger partial charge in [-0.15, -0.1) is 0 Å². The molecule has 0 aliphatic rings. The Hall–Kier alpha value is -0.110. The van der Waals surface area contributed by atoms with Crippen molar-refractivity contribution >= 4 is 34.8 Å². The molecular weight excluding hydrogens is 363 g/mol. The second-order valence-corrected chi connectivity index (χ2v) is 7.69. The Kier molecular flexibility index (Phi) is 12.9. The summed E-state index contributed by atoms with van der Waals surface area (Å²) in [6.07, 6.45) is 16.0. The topological polar surface area (TPSA) is 9.23 Å². The average Bonchev–Trinajstić information content (AvgIpc) is 2.53. The summed E-state index contributed by atoms with van der Waals surface area (Å²) in [4.78, 5) is 0. The van der Waals surface area contributed by atoms with E-state index in [9.17, 15) is 0 Å². The van der Waals surface area contributed by atoms with Gasteiger partial charge in [0.1, 0.15) is 0 Å². The number of halogens is 3. The van der Waals surface area contributed by atoms with Crippen molar-refractivity contribution < 1.29 is 4.74 Å². The summed E-state index contributed by atoms with van der Waals surface area (Å²) >= 11 is 18.1. The van der Waals surface area contributed by atoms with Gasteiger partial charge in [0.05, 0.1) is 16.7 Å². The van der Waals surface area contributed by atoms with Crippen LogP contribution in [-0.4, -0.2) is 6.61 Å². The van der Waals surface area contributed by atoms with Gasteiger partial charge in [-0.3, -0.25) is 0 Å². The van der Waals surface area contributed by atoms with Crippen molar-refractivity contribution in [2.45, 2.75) is 84.0 Å². The Balaban J connectivity index is 1.94. The molecular formula is C20H31Cl3O. The summed E-state index contributed by atoms with van der Waals surface area (Å²) in [6, 6.07) is 3.32. The van der Waals surface area contributed by atoms with Crippen LogP contribution in [0.4, 0.5) is 0 Å². The molecule has 0 atom stereocenters. The summed E-state index contributed by atoms with van der Waals surface area (Å²) in [5, 5.41) is 1.49. The molecule has 138 valence electrons. The standard InChI is InChI=1S/C20H31Cl3O/c1-2-3-4-5-6-7-8-9-10-11-12-13-14-24-20-18(22)15-17(21)16-19(20)23/h15-16H,2-14H2,1H3. The van der Waals surface area contributed by atoms with Crippen LogP contribution in [0.1, 0.15) is 84.0 Å². The van der Waals surface area contributed by atoms with Gasteiger partial charge in [-0.1, -0.05) is 112 Å². The maximum absolute atomic E-state index is 6.09. The minimum Gasteiger partial charge on any atom is -0.490 e. The zero-order chi connectivity index (χ0) is 17.6. The van der Waals surface area contributed by atoms with E-state index in [-0.39, 0.29) is 0 Å². The second kappa shape index (κ2) is 14.1. The Bertz CT molecular complexity index is 426. The molecule has 0 aromatic heterocycles. The Morgan fingerprint density at radius 1 is 0.667 bits per heavy atom. The van der Waals surface area contributed by atoms with Crippen LogP contribution >= 0.6 is 34.8 Å². The maximum Gasteiger partial charge on any atom is 0.156 e. The molecule has 0 aliphatic carbocycles. The van der Waals surface area contributed by atoms with Crippen LogP contribution in [0.3, 0.4) is 0 Å². The molecule has 0 spiro atoms. The first-order chi connectivity index (χ1) is 11.6. The smallest absolute Gasteiger partial charge is 0.156 e. The highest BCUT2D eigenvalue weighted by Crippen LogP contribution is 2.35. The summed E-state index contributed by atoms with van der Waals surface area (Å²) in [5.41, 5.74) is 0. The van der Waals surface area contributed by atoms with Gasteiger partial charge in [0, 0.05) is 5.02 Å². The molecule has 0 saturated heterocycles. The van der Waals surface area contributed by atoms with Crippen molar-refractivity contribution in [3.63, 3.8) is 0 Å². The van der Waals surface area contributed by atoms with Gasteiger partial charge in [0.15, 0.2) is 5.75 Å². The van der Waals surface area contributed by atoms with Gasteiger partial charge in [-0.05, 0) is 18.6 Å². The lowest BCUT2D eigenvalue weighted by molar-refractivity contribution is 0.304. The lowest BCUT2D eigenvalue weighted by atomic mass is 10.1. The van der Waals surface area contributed by atoms with Gasteiger partial charge in [-0.2, -0.15) is 0 Å². The number of unbranched alkanes of at least 4 members (excludes halogenated alkanes) is 11. The zero-order valence-corrected chi connectivity index (χ0v) is 17.2. The number of ether oxygens (including phenoxy) is 1. The van der Waals surface area contributed by atoms with Crippen LogP contribution in [0.25, 0.3) is 0 Å². The van der Waals surface area contributed by atoms with Crippen molar-refractivity contribution in [3.8, 4) is 5.75 Å². The highest BCUT2D eigenvalue weighted by Gasteiger charge is 2.08. The molecule has 1 nitrogen and oxygen atoms in total. The fourth-order valence-electron chi connectivity index (χ4n) is 2.78. The second-order valence-electron chi connectivity index (χ2n) is 6.44. The Morgan fingerprint density at radius 3 is 1.54 bits per heavy atom. The molecule has 0 aliphatic heterocycles. The van der Waals surface area contributed by atoms with E-state index in [2.05, 4.69) is 6.92 Å². The van der Waals surface area contributed by atoms with Crippen molar-refractivity contribution in [1.29, 1.82) is 0 Å². The summed E-state index contributed by atoms with van der Waals surface area (Å²) in [7, 11) is 0. The average molecular weight is 394 g/mol. The Labute approximate surface area is 163 Å². The van der Waals surface area contributed by atoms with Gasteiger partial charge < -0.3 is 4.74 Å². The molecule has 24 heavy (non-hydrogen) atoms. The van der Waals surface area contributed by atoms with E-state index in [1.165, 1.54) is 70.6 Å². The summed E-state index contributed by atoms with van der Waals surface area (Å²) < 4.78 is 5.69. The van der Waals surface area contributed by atoms with E-state index in [4.69, 9.17) is 39.5 Å². The van der Waals surface area contributed by atoms with Gasteiger partial charge in [0.2, 0.25) is 0 Å². The molecule has 1 rings (SSSR count). The molecule has 0 unspecified atom stereocenters. The molecule has 1 aromatic carbocycles. The molecule has 0 saturated carbocycles. The molecule has 4 heteroatoms. The van der Waals surface area contributed by atoms with Crippen LogP contribution < -0.4 is 4.74 Å². The van der Waals surface area contributed by atoms with E-state index in [1.807, 2.05) is 0 Å². The largest absolute Gasteiger partial charge is 0.490 e. The zero-order valence-electron chi connectivity index (χ0n) is 14.9. The third-order valence-electron chi connectivity index (χ3n) is 4.21. The number of benzene rings is 1. The molecule has 0 N–H and O–H groups in total. The van der Waals surface area contributed by atoms with Gasteiger partial charge in [0.25, 0.3) is 0 Å². The molecule has 1 aromatic rings. The fourth-order valence-corrected chi connectivity index (χ4v) is 3.71. The maximum atomic E-state index is 6.09. The van der Waals surface area contributed by atoms with Crippen LogP contribution in [0.5, 0.6) is 5.75 Å². The van der Waals surface area contributed by atoms with Crippen molar-refractivity contribution in [1.82, 2.24) is 0 Å². The van der Waals surface area contributed by atoms with Crippen LogP contribution in [0.2, 0.25) is 15.1 Å². The highest BCUT2D eigenvalue weighted by atomic mass is 35.5. The third kappa shape index (κ3) is 10.0. The minimum atomic E-state index is 0.478. The monoisotopic (exact) mass is 392 g/mol. The molecule has 0 radical (unpaired) electrons. The lowest BCUT2D eigenvalue weighted by Crippen LogP contribution is -1.98. The van der Waals surface area contributed by atoms with E-state index in [1.54, 1.807) is 12.1 Å². The first kappa shape index (κ1) is 21.9. The molecule has 0 fully saturated rings. The lowest BCUT2D eigenvalue weighted by Gasteiger charge is -2.10. The fraction of sp³-hybridized carbons (Fsp3) is 0.700. The van der Waals surface area contributed by atoms with Gasteiger partial charge >= 0.3 is 0 Å².